The van der Waals surface area contributed by atoms with Crippen LogP contribution in [0.3, 0.4) is 0 Å². The standard InChI is InChI=1S/C12H13N3O5/c16-7-4-8(12(17)18)15(5-7)6-10-13-14-11(20-10)9-2-1-3-19-9/h1-3,7-8,16H,4-6H2,(H,17,18). The Balaban J connectivity index is 1.73. The van der Waals surface area contributed by atoms with Gasteiger partial charge in [-0.05, 0) is 12.1 Å². The Morgan fingerprint density at radius 3 is 3.05 bits per heavy atom. The van der Waals surface area contributed by atoms with E-state index in [-0.39, 0.29) is 31.3 Å². The number of aliphatic carboxylic acids is 1. The lowest BCUT2D eigenvalue weighted by atomic mass is 10.2. The molecule has 0 radical (unpaired) electrons. The van der Waals surface area contributed by atoms with Gasteiger partial charge in [0.25, 0.3) is 5.89 Å². The molecule has 1 saturated heterocycles. The van der Waals surface area contributed by atoms with E-state index in [4.69, 9.17) is 13.9 Å². The number of aliphatic hydroxyl groups excluding tert-OH is 1. The molecule has 20 heavy (non-hydrogen) atoms. The first kappa shape index (κ1) is 12.8. The Labute approximate surface area is 113 Å². The van der Waals surface area contributed by atoms with Crippen LogP contribution < -0.4 is 0 Å². The van der Waals surface area contributed by atoms with Crippen molar-refractivity contribution < 1.29 is 23.8 Å². The number of carbonyl (C=O) groups is 1. The second-order valence-corrected chi connectivity index (χ2v) is 4.65. The zero-order valence-electron chi connectivity index (χ0n) is 10.5. The van der Waals surface area contributed by atoms with E-state index in [1.165, 1.54) is 6.26 Å². The molecule has 1 aliphatic heterocycles. The van der Waals surface area contributed by atoms with Crippen molar-refractivity contribution in [2.24, 2.45) is 0 Å². The van der Waals surface area contributed by atoms with Crippen LogP contribution in [0.15, 0.2) is 27.2 Å². The highest BCUT2D eigenvalue weighted by Crippen LogP contribution is 2.22. The van der Waals surface area contributed by atoms with Gasteiger partial charge in [-0.25, -0.2) is 0 Å². The Bertz CT molecular complexity index is 594. The number of hydrogen-bond acceptors (Lipinski definition) is 7. The van der Waals surface area contributed by atoms with Crippen molar-refractivity contribution in [3.8, 4) is 11.7 Å². The van der Waals surface area contributed by atoms with Crippen molar-refractivity contribution in [2.45, 2.75) is 25.1 Å². The van der Waals surface area contributed by atoms with Crippen molar-refractivity contribution in [3.05, 3.63) is 24.3 Å². The van der Waals surface area contributed by atoms with Gasteiger partial charge in [0.05, 0.1) is 18.9 Å². The highest BCUT2D eigenvalue weighted by Gasteiger charge is 2.36. The molecule has 0 aromatic carbocycles. The van der Waals surface area contributed by atoms with Crippen LogP contribution in [0.2, 0.25) is 0 Å². The number of likely N-dealkylation sites (tertiary alicyclic amines) is 1. The highest BCUT2D eigenvalue weighted by molar-refractivity contribution is 5.74. The highest BCUT2D eigenvalue weighted by atomic mass is 16.4. The third-order valence-corrected chi connectivity index (χ3v) is 3.20. The van der Waals surface area contributed by atoms with E-state index < -0.39 is 18.1 Å². The summed E-state index contributed by atoms with van der Waals surface area (Å²) in [6.45, 7) is 0.456. The molecule has 2 aromatic rings. The maximum Gasteiger partial charge on any atom is 0.321 e. The normalized spacial score (nSPS) is 23.2. The summed E-state index contributed by atoms with van der Waals surface area (Å²) in [6, 6.07) is 2.66. The molecule has 2 atom stereocenters. The third kappa shape index (κ3) is 2.43. The molecule has 3 rings (SSSR count). The predicted octanol–water partition coefficient (Wildman–Crippen LogP) is 0.349. The minimum Gasteiger partial charge on any atom is -0.480 e. The first-order chi connectivity index (χ1) is 9.63. The number of aliphatic hydroxyl groups is 1. The van der Waals surface area contributed by atoms with Gasteiger partial charge in [-0.2, -0.15) is 0 Å². The molecule has 1 aliphatic rings. The number of carboxylic acid groups (broad SMARTS) is 1. The molecule has 106 valence electrons. The van der Waals surface area contributed by atoms with Crippen LogP contribution in [0.4, 0.5) is 0 Å². The Kier molecular flexibility index (Phi) is 3.25. The summed E-state index contributed by atoms with van der Waals surface area (Å²) in [5, 5.41) is 26.4. The van der Waals surface area contributed by atoms with Gasteiger partial charge in [0.1, 0.15) is 6.04 Å². The fourth-order valence-corrected chi connectivity index (χ4v) is 2.30. The number of hydrogen-bond donors (Lipinski definition) is 2. The van der Waals surface area contributed by atoms with E-state index in [0.29, 0.717) is 5.76 Å². The Morgan fingerprint density at radius 2 is 2.35 bits per heavy atom. The second-order valence-electron chi connectivity index (χ2n) is 4.65. The summed E-state index contributed by atoms with van der Waals surface area (Å²) in [4.78, 5) is 12.7. The number of furan rings is 1. The minimum absolute atomic E-state index is 0.182. The second kappa shape index (κ2) is 5.06. The maximum absolute atomic E-state index is 11.1. The quantitative estimate of drug-likeness (QED) is 0.824. The molecule has 0 amide bonds. The number of rotatable bonds is 4. The van der Waals surface area contributed by atoms with Crippen LogP contribution >= 0.6 is 0 Å². The van der Waals surface area contributed by atoms with E-state index in [0.717, 1.165) is 0 Å². The van der Waals surface area contributed by atoms with E-state index in [1.54, 1.807) is 17.0 Å². The van der Waals surface area contributed by atoms with Gasteiger partial charge in [-0.1, -0.05) is 0 Å². The fraction of sp³-hybridized carbons (Fsp3) is 0.417. The molecule has 2 unspecified atom stereocenters. The zero-order valence-corrected chi connectivity index (χ0v) is 10.5. The molecule has 1 fully saturated rings. The number of aromatic nitrogens is 2. The van der Waals surface area contributed by atoms with E-state index in [9.17, 15) is 9.90 Å². The lowest BCUT2D eigenvalue weighted by molar-refractivity contribution is -0.142. The minimum atomic E-state index is -0.965. The lowest BCUT2D eigenvalue weighted by Crippen LogP contribution is -2.35. The fourth-order valence-electron chi connectivity index (χ4n) is 2.30. The van der Waals surface area contributed by atoms with Gasteiger partial charge >= 0.3 is 5.97 Å². The van der Waals surface area contributed by atoms with Gasteiger partial charge in [0.2, 0.25) is 5.89 Å². The lowest BCUT2D eigenvalue weighted by Gasteiger charge is -2.18. The number of carboxylic acids is 1. The molecule has 0 saturated carbocycles. The van der Waals surface area contributed by atoms with Crippen molar-refractivity contribution in [3.63, 3.8) is 0 Å². The Hall–Kier alpha value is -2.19. The number of β-amino-alcohol motifs (C(OH)–C–C–N with tert-alkyl or cyclic N) is 1. The van der Waals surface area contributed by atoms with E-state index >= 15 is 0 Å². The summed E-state index contributed by atoms with van der Waals surface area (Å²) < 4.78 is 10.6. The predicted molar refractivity (Wildman–Crippen MR) is 64.5 cm³/mol. The zero-order chi connectivity index (χ0) is 14.1. The van der Waals surface area contributed by atoms with E-state index in [2.05, 4.69) is 10.2 Å². The molecule has 0 aliphatic carbocycles. The summed E-state index contributed by atoms with van der Waals surface area (Å²) in [6.07, 6.45) is 1.05. The van der Waals surface area contributed by atoms with Crippen LogP contribution in [-0.4, -0.2) is 50.0 Å². The van der Waals surface area contributed by atoms with Crippen molar-refractivity contribution in [1.29, 1.82) is 0 Å². The Morgan fingerprint density at radius 1 is 1.50 bits per heavy atom. The van der Waals surface area contributed by atoms with Gasteiger partial charge in [0, 0.05) is 13.0 Å². The van der Waals surface area contributed by atoms with Crippen molar-refractivity contribution >= 4 is 5.97 Å². The summed E-state index contributed by atoms with van der Waals surface area (Å²) >= 11 is 0. The molecule has 2 N–H and O–H groups in total. The summed E-state index contributed by atoms with van der Waals surface area (Å²) in [7, 11) is 0. The molecule has 3 heterocycles. The van der Waals surface area contributed by atoms with Crippen LogP contribution in [0.1, 0.15) is 12.3 Å². The summed E-state index contributed by atoms with van der Waals surface area (Å²) in [5.74, 6) is 0.0284. The van der Waals surface area contributed by atoms with Crippen molar-refractivity contribution in [2.75, 3.05) is 6.54 Å². The SMILES string of the molecule is O=C(O)C1CC(O)CN1Cc1nnc(-c2ccco2)o1. The first-order valence-electron chi connectivity index (χ1n) is 6.14. The molecule has 8 nitrogen and oxygen atoms in total. The number of nitrogens with zero attached hydrogens (tertiary/aromatic N) is 3. The van der Waals surface area contributed by atoms with E-state index in [1.807, 2.05) is 0 Å². The molecule has 0 spiro atoms. The average molecular weight is 279 g/mol. The molecule has 0 bridgehead atoms. The molecular weight excluding hydrogens is 266 g/mol. The first-order valence-corrected chi connectivity index (χ1v) is 6.14. The van der Waals surface area contributed by atoms with Crippen molar-refractivity contribution in [1.82, 2.24) is 15.1 Å². The maximum atomic E-state index is 11.1. The smallest absolute Gasteiger partial charge is 0.321 e. The van der Waals surface area contributed by atoms with Gasteiger partial charge in [-0.15, -0.1) is 10.2 Å². The van der Waals surface area contributed by atoms with Gasteiger partial charge < -0.3 is 19.0 Å². The van der Waals surface area contributed by atoms with Gasteiger partial charge in [-0.3, -0.25) is 9.69 Å². The molecule has 8 heteroatoms. The average Bonchev–Trinajstić information content (AvgIpc) is 3.09. The topological polar surface area (TPSA) is 113 Å². The third-order valence-electron chi connectivity index (χ3n) is 3.20. The van der Waals surface area contributed by atoms with Crippen LogP contribution in [0, 0.1) is 0 Å². The van der Waals surface area contributed by atoms with Crippen LogP contribution in [0.25, 0.3) is 11.7 Å². The summed E-state index contributed by atoms with van der Waals surface area (Å²) in [5.41, 5.74) is 0. The molecule has 2 aromatic heterocycles. The monoisotopic (exact) mass is 279 g/mol. The van der Waals surface area contributed by atoms with Crippen LogP contribution in [0.5, 0.6) is 0 Å². The molecular formula is C12H13N3O5. The van der Waals surface area contributed by atoms with Gasteiger partial charge in [0.15, 0.2) is 5.76 Å². The van der Waals surface area contributed by atoms with Crippen LogP contribution in [-0.2, 0) is 11.3 Å². The largest absolute Gasteiger partial charge is 0.480 e.